The van der Waals surface area contributed by atoms with Crippen LogP contribution >= 0.6 is 11.6 Å². The normalized spacial score (nSPS) is 9.65. The van der Waals surface area contributed by atoms with Crippen LogP contribution in [0.4, 0.5) is 5.69 Å². The largest absolute Gasteiger partial charge is 0.290 e. The third kappa shape index (κ3) is 2.20. The Hall–Kier alpha value is -2.11. The Balaban J connectivity index is 2.53. The van der Waals surface area contributed by atoms with Gasteiger partial charge in [0.2, 0.25) is 5.69 Å². The van der Waals surface area contributed by atoms with E-state index in [9.17, 15) is 4.79 Å². The number of ketones is 1. The van der Waals surface area contributed by atoms with E-state index >= 15 is 0 Å². The van der Waals surface area contributed by atoms with Gasteiger partial charge in [-0.25, -0.2) is 4.85 Å². The van der Waals surface area contributed by atoms with Crippen molar-refractivity contribution in [1.82, 2.24) is 0 Å². The Morgan fingerprint density at radius 3 is 2.41 bits per heavy atom. The Morgan fingerprint density at radius 2 is 1.76 bits per heavy atom. The SMILES string of the molecule is [C-]#[N+]c1c(Cl)cccc1C(=O)c1ccccc1. The van der Waals surface area contributed by atoms with Gasteiger partial charge >= 0.3 is 0 Å². The number of nitrogens with zero attached hydrogens (tertiary/aromatic N) is 1. The molecule has 2 nitrogen and oxygen atoms in total. The Morgan fingerprint density at radius 1 is 1.06 bits per heavy atom. The van der Waals surface area contributed by atoms with E-state index in [0.29, 0.717) is 16.1 Å². The standard InChI is InChI=1S/C14H8ClNO/c1-16-13-11(8-5-9-12(13)15)14(17)10-6-3-2-4-7-10/h2-9H. The molecular formula is C14H8ClNO. The summed E-state index contributed by atoms with van der Waals surface area (Å²) >= 11 is 5.90. The van der Waals surface area contributed by atoms with Gasteiger partial charge in [0.05, 0.1) is 6.57 Å². The van der Waals surface area contributed by atoms with Gasteiger partial charge in [-0.15, -0.1) is 0 Å². The minimum atomic E-state index is -0.181. The van der Waals surface area contributed by atoms with Gasteiger partial charge in [0.1, 0.15) is 0 Å². The van der Waals surface area contributed by atoms with Crippen molar-refractivity contribution in [2.45, 2.75) is 0 Å². The molecular weight excluding hydrogens is 234 g/mol. The van der Waals surface area contributed by atoms with Crippen LogP contribution in [0.25, 0.3) is 4.85 Å². The highest BCUT2D eigenvalue weighted by Crippen LogP contribution is 2.30. The van der Waals surface area contributed by atoms with Crippen LogP contribution in [0, 0.1) is 6.57 Å². The molecule has 3 heteroatoms. The molecule has 0 saturated carbocycles. The summed E-state index contributed by atoms with van der Waals surface area (Å²) in [5.74, 6) is -0.181. The Bertz CT molecular complexity index is 599. The van der Waals surface area contributed by atoms with Gasteiger partial charge in [-0.05, 0) is 0 Å². The third-order valence-corrected chi connectivity index (χ3v) is 2.68. The monoisotopic (exact) mass is 241 g/mol. The van der Waals surface area contributed by atoms with E-state index in [4.69, 9.17) is 18.2 Å². The van der Waals surface area contributed by atoms with E-state index in [1.807, 2.05) is 6.07 Å². The maximum absolute atomic E-state index is 12.2. The van der Waals surface area contributed by atoms with Crippen molar-refractivity contribution in [2.75, 3.05) is 0 Å². The number of benzene rings is 2. The highest BCUT2D eigenvalue weighted by molar-refractivity contribution is 6.34. The van der Waals surface area contributed by atoms with Crippen LogP contribution < -0.4 is 0 Å². The fraction of sp³-hybridized carbons (Fsp3) is 0. The summed E-state index contributed by atoms with van der Waals surface area (Å²) < 4.78 is 0. The Kier molecular flexibility index (Phi) is 3.22. The minimum Gasteiger partial charge on any atom is -0.290 e. The average Bonchev–Trinajstić information content (AvgIpc) is 2.38. The van der Waals surface area contributed by atoms with E-state index in [2.05, 4.69) is 4.85 Å². The molecule has 0 aliphatic rings. The number of halogens is 1. The zero-order valence-corrected chi connectivity index (χ0v) is 9.61. The molecule has 0 aliphatic heterocycles. The first-order valence-electron chi connectivity index (χ1n) is 5.00. The molecule has 0 spiro atoms. The second-order valence-electron chi connectivity index (χ2n) is 3.44. The van der Waals surface area contributed by atoms with Gasteiger partial charge in [-0.1, -0.05) is 60.1 Å². The molecule has 17 heavy (non-hydrogen) atoms. The van der Waals surface area contributed by atoms with E-state index in [1.54, 1.807) is 42.5 Å². The van der Waals surface area contributed by atoms with Crippen LogP contribution in [0.1, 0.15) is 15.9 Å². The first kappa shape index (κ1) is 11.4. The molecule has 2 aromatic carbocycles. The van der Waals surface area contributed by atoms with Crippen molar-refractivity contribution in [3.8, 4) is 0 Å². The summed E-state index contributed by atoms with van der Waals surface area (Å²) in [6, 6.07) is 13.8. The average molecular weight is 242 g/mol. The summed E-state index contributed by atoms with van der Waals surface area (Å²) in [7, 11) is 0. The molecule has 82 valence electrons. The summed E-state index contributed by atoms with van der Waals surface area (Å²) in [4.78, 5) is 15.5. The van der Waals surface area contributed by atoms with Crippen molar-refractivity contribution in [3.63, 3.8) is 0 Å². The molecule has 0 saturated heterocycles. The molecule has 0 aromatic heterocycles. The number of hydrogen-bond acceptors (Lipinski definition) is 1. The maximum Gasteiger partial charge on any atom is 0.216 e. The molecule has 0 unspecified atom stereocenters. The number of hydrogen-bond donors (Lipinski definition) is 0. The summed E-state index contributed by atoms with van der Waals surface area (Å²) in [5.41, 5.74) is 1.11. The lowest BCUT2D eigenvalue weighted by atomic mass is 10.0. The smallest absolute Gasteiger partial charge is 0.216 e. The minimum absolute atomic E-state index is 0.181. The van der Waals surface area contributed by atoms with E-state index < -0.39 is 0 Å². The van der Waals surface area contributed by atoms with Gasteiger partial charge < -0.3 is 0 Å². The molecule has 0 fully saturated rings. The van der Waals surface area contributed by atoms with Crippen LogP contribution in [-0.2, 0) is 0 Å². The number of carbonyl (C=O) groups is 1. The van der Waals surface area contributed by atoms with Gasteiger partial charge in [0.25, 0.3) is 0 Å². The van der Waals surface area contributed by atoms with Crippen molar-refractivity contribution in [1.29, 1.82) is 0 Å². The van der Waals surface area contributed by atoms with Crippen molar-refractivity contribution < 1.29 is 4.79 Å². The molecule has 0 heterocycles. The van der Waals surface area contributed by atoms with Crippen LogP contribution in [0.15, 0.2) is 48.5 Å². The molecule has 0 aliphatic carbocycles. The molecule has 0 radical (unpaired) electrons. The van der Waals surface area contributed by atoms with E-state index in [-0.39, 0.29) is 11.5 Å². The predicted molar refractivity (Wildman–Crippen MR) is 67.6 cm³/mol. The molecule has 0 N–H and O–H groups in total. The zero-order chi connectivity index (χ0) is 12.3. The maximum atomic E-state index is 12.2. The molecule has 2 aromatic rings. The quantitative estimate of drug-likeness (QED) is 0.572. The molecule has 0 amide bonds. The second-order valence-corrected chi connectivity index (χ2v) is 3.85. The van der Waals surface area contributed by atoms with E-state index in [1.165, 1.54) is 0 Å². The van der Waals surface area contributed by atoms with Gasteiger partial charge in [0.15, 0.2) is 5.78 Å². The first-order valence-corrected chi connectivity index (χ1v) is 5.37. The summed E-state index contributed by atoms with van der Waals surface area (Å²) in [6.45, 7) is 7.07. The van der Waals surface area contributed by atoms with Crippen LogP contribution in [-0.4, -0.2) is 5.78 Å². The van der Waals surface area contributed by atoms with Crippen LogP contribution in [0.2, 0.25) is 5.02 Å². The number of para-hydroxylation sites is 1. The van der Waals surface area contributed by atoms with Crippen LogP contribution in [0.3, 0.4) is 0 Å². The summed E-state index contributed by atoms with van der Waals surface area (Å²) in [6.07, 6.45) is 0. The molecule has 0 bridgehead atoms. The van der Waals surface area contributed by atoms with Crippen LogP contribution in [0.5, 0.6) is 0 Å². The second kappa shape index (κ2) is 4.82. The van der Waals surface area contributed by atoms with Crippen molar-refractivity contribution in [3.05, 3.63) is 76.1 Å². The fourth-order valence-corrected chi connectivity index (χ4v) is 1.77. The third-order valence-electron chi connectivity index (χ3n) is 2.38. The van der Waals surface area contributed by atoms with E-state index in [0.717, 1.165) is 0 Å². The fourth-order valence-electron chi connectivity index (χ4n) is 1.56. The lowest BCUT2D eigenvalue weighted by molar-refractivity contribution is 0.103. The van der Waals surface area contributed by atoms with Crippen molar-refractivity contribution in [2.24, 2.45) is 0 Å². The first-order chi connectivity index (χ1) is 8.24. The van der Waals surface area contributed by atoms with Gasteiger partial charge in [-0.2, -0.15) is 0 Å². The lowest BCUT2D eigenvalue weighted by Gasteiger charge is -2.04. The highest BCUT2D eigenvalue weighted by atomic mass is 35.5. The summed E-state index contributed by atoms with van der Waals surface area (Å²) in [5, 5.41) is 0.307. The zero-order valence-electron chi connectivity index (χ0n) is 8.85. The number of carbonyl (C=O) groups excluding carboxylic acids is 1. The molecule has 0 atom stereocenters. The Labute approximate surface area is 104 Å². The topological polar surface area (TPSA) is 21.4 Å². The lowest BCUT2D eigenvalue weighted by Crippen LogP contribution is -2.01. The molecule has 2 rings (SSSR count). The van der Waals surface area contributed by atoms with Gasteiger partial charge in [0, 0.05) is 16.1 Å². The van der Waals surface area contributed by atoms with Gasteiger partial charge in [-0.3, -0.25) is 4.79 Å². The number of rotatable bonds is 2. The highest BCUT2D eigenvalue weighted by Gasteiger charge is 2.15. The van der Waals surface area contributed by atoms with Crippen molar-refractivity contribution >= 4 is 23.1 Å². The predicted octanol–water partition coefficient (Wildman–Crippen LogP) is 4.12.